The van der Waals surface area contributed by atoms with E-state index < -0.39 is 16.0 Å². The molecule has 0 aliphatic heterocycles. The highest BCUT2D eigenvalue weighted by atomic mass is 32.2. The molecule has 9 heteroatoms. The van der Waals surface area contributed by atoms with Gasteiger partial charge in [-0.05, 0) is 23.6 Å². The fraction of sp³-hybridized carbons (Fsp3) is 0.286. The van der Waals surface area contributed by atoms with E-state index in [2.05, 4.69) is 14.9 Å². The van der Waals surface area contributed by atoms with Crippen molar-refractivity contribution in [1.82, 2.24) is 10.2 Å². The molecule has 1 aromatic carbocycles. The highest BCUT2D eigenvalue weighted by Gasteiger charge is 2.23. The summed E-state index contributed by atoms with van der Waals surface area (Å²) in [5, 5.41) is 15.3. The number of aromatic nitrogens is 2. The number of carbonyl (C=O) groups is 1. The lowest BCUT2D eigenvalue weighted by molar-refractivity contribution is 0.0696. The molecule has 0 spiro atoms. The normalized spacial score (nSPS) is 11.5. The van der Waals surface area contributed by atoms with Gasteiger partial charge in [0.1, 0.15) is 5.82 Å². The van der Waals surface area contributed by atoms with Crippen molar-refractivity contribution in [2.45, 2.75) is 24.7 Å². The zero-order chi connectivity index (χ0) is 17.2. The molecule has 2 aromatic rings. The van der Waals surface area contributed by atoms with Crippen LogP contribution in [0.25, 0.3) is 0 Å². The van der Waals surface area contributed by atoms with E-state index in [-0.39, 0.29) is 28.1 Å². The van der Waals surface area contributed by atoms with E-state index in [0.717, 1.165) is 6.07 Å². The zero-order valence-electron chi connectivity index (χ0n) is 12.8. The number of carboxylic acids is 1. The lowest BCUT2D eigenvalue weighted by atomic mass is 10.0. The van der Waals surface area contributed by atoms with Gasteiger partial charge >= 0.3 is 5.97 Å². The first-order valence-electron chi connectivity index (χ1n) is 6.74. The summed E-state index contributed by atoms with van der Waals surface area (Å²) >= 11 is 0. The first kappa shape index (κ1) is 16.8. The van der Waals surface area contributed by atoms with Gasteiger partial charge in [0.2, 0.25) is 5.88 Å². The van der Waals surface area contributed by atoms with Crippen LogP contribution in [-0.4, -0.2) is 36.8 Å². The Morgan fingerprint density at radius 2 is 2.04 bits per heavy atom. The summed E-state index contributed by atoms with van der Waals surface area (Å²) < 4.78 is 32.4. The molecule has 23 heavy (non-hydrogen) atoms. The Hall–Kier alpha value is -2.55. The van der Waals surface area contributed by atoms with Gasteiger partial charge in [0.25, 0.3) is 10.0 Å². The molecule has 0 unspecified atom stereocenters. The number of nitrogens with one attached hydrogen (secondary N) is 2. The zero-order valence-corrected chi connectivity index (χ0v) is 13.6. The molecular weight excluding hydrogens is 322 g/mol. The quantitative estimate of drug-likeness (QED) is 0.740. The van der Waals surface area contributed by atoms with Crippen LogP contribution in [0.1, 0.15) is 35.7 Å². The summed E-state index contributed by atoms with van der Waals surface area (Å²) in [6, 6.07) is 5.42. The van der Waals surface area contributed by atoms with Gasteiger partial charge in [-0.2, -0.15) is 0 Å². The second-order valence-corrected chi connectivity index (χ2v) is 6.79. The third-order valence-electron chi connectivity index (χ3n) is 3.18. The number of hydrogen-bond acceptors (Lipinski definition) is 5. The van der Waals surface area contributed by atoms with Crippen LogP contribution < -0.4 is 9.46 Å². The Bertz CT molecular complexity index is 827. The Labute approximate surface area is 133 Å². The molecule has 1 heterocycles. The van der Waals surface area contributed by atoms with E-state index in [4.69, 9.17) is 9.84 Å². The van der Waals surface area contributed by atoms with Crippen LogP contribution in [0.15, 0.2) is 29.2 Å². The average Bonchev–Trinajstić information content (AvgIpc) is 2.93. The van der Waals surface area contributed by atoms with Crippen LogP contribution in [0.4, 0.5) is 5.82 Å². The number of aromatic amines is 1. The number of nitrogens with zero attached hydrogens (tertiary/aromatic N) is 1. The molecule has 0 bridgehead atoms. The van der Waals surface area contributed by atoms with E-state index in [1.807, 2.05) is 13.8 Å². The predicted octanol–water partition coefficient (Wildman–Crippen LogP) is 2.04. The largest absolute Gasteiger partial charge is 0.480 e. The molecule has 124 valence electrons. The molecule has 8 nitrogen and oxygen atoms in total. The minimum absolute atomic E-state index is 0.0824. The molecule has 3 N–H and O–H groups in total. The fourth-order valence-electron chi connectivity index (χ4n) is 2.04. The van der Waals surface area contributed by atoms with Crippen molar-refractivity contribution < 1.29 is 23.1 Å². The fourth-order valence-corrected chi connectivity index (χ4v) is 3.44. The van der Waals surface area contributed by atoms with Gasteiger partial charge in [-0.25, -0.2) is 13.2 Å². The first-order valence-corrected chi connectivity index (χ1v) is 8.22. The lowest BCUT2D eigenvalue weighted by Gasteiger charge is -2.14. The standard InChI is InChI=1S/C14H17N3O5S/c1-8(2)10-5-4-9(14(18)19)6-11(10)23(20,21)17-12-7-13(22-3)16-15-12/h4-8H,1-3H3,(H,18,19)(H2,15,16,17). The van der Waals surface area contributed by atoms with Crippen molar-refractivity contribution in [3.05, 3.63) is 35.4 Å². The van der Waals surface area contributed by atoms with Crippen LogP contribution in [0.3, 0.4) is 0 Å². The van der Waals surface area contributed by atoms with Crippen LogP contribution in [0.5, 0.6) is 5.88 Å². The van der Waals surface area contributed by atoms with E-state index >= 15 is 0 Å². The third kappa shape index (κ3) is 3.62. The van der Waals surface area contributed by atoms with Crippen LogP contribution >= 0.6 is 0 Å². The number of anilines is 1. The second-order valence-electron chi connectivity index (χ2n) is 5.14. The number of ether oxygens (including phenoxy) is 1. The van der Waals surface area contributed by atoms with E-state index in [1.54, 1.807) is 0 Å². The van der Waals surface area contributed by atoms with Gasteiger partial charge in [-0.3, -0.25) is 9.82 Å². The summed E-state index contributed by atoms with van der Waals surface area (Å²) in [6.45, 7) is 3.65. The molecule has 0 aliphatic rings. The molecule has 0 saturated carbocycles. The smallest absolute Gasteiger partial charge is 0.335 e. The van der Waals surface area contributed by atoms with Gasteiger partial charge in [0.05, 0.1) is 17.6 Å². The number of sulfonamides is 1. The summed E-state index contributed by atoms with van der Waals surface area (Å²) in [6.07, 6.45) is 0. The summed E-state index contributed by atoms with van der Waals surface area (Å²) in [7, 11) is -2.58. The Balaban J connectivity index is 2.48. The number of rotatable bonds is 6. The highest BCUT2D eigenvalue weighted by Crippen LogP contribution is 2.27. The van der Waals surface area contributed by atoms with E-state index in [0.29, 0.717) is 5.56 Å². The number of hydrogen-bond donors (Lipinski definition) is 3. The van der Waals surface area contributed by atoms with Crippen molar-refractivity contribution in [2.24, 2.45) is 0 Å². The molecule has 0 radical (unpaired) electrons. The van der Waals surface area contributed by atoms with Crippen molar-refractivity contribution in [3.63, 3.8) is 0 Å². The molecule has 0 amide bonds. The number of aromatic carboxylic acids is 1. The van der Waals surface area contributed by atoms with Crippen molar-refractivity contribution >= 4 is 21.8 Å². The van der Waals surface area contributed by atoms with Crippen molar-refractivity contribution in [3.8, 4) is 5.88 Å². The summed E-state index contributed by atoms with van der Waals surface area (Å²) in [4.78, 5) is 11.0. The summed E-state index contributed by atoms with van der Waals surface area (Å²) in [5.41, 5.74) is 0.422. The van der Waals surface area contributed by atoms with Crippen LogP contribution in [-0.2, 0) is 10.0 Å². The predicted molar refractivity (Wildman–Crippen MR) is 83.4 cm³/mol. The number of carboxylic acid groups (broad SMARTS) is 1. The molecule has 1 aromatic heterocycles. The SMILES string of the molecule is COc1cc(NS(=O)(=O)c2cc(C(=O)O)ccc2C(C)C)[nH]n1. The monoisotopic (exact) mass is 339 g/mol. The molecule has 2 rings (SSSR count). The van der Waals surface area contributed by atoms with Crippen LogP contribution in [0, 0.1) is 0 Å². The van der Waals surface area contributed by atoms with Gasteiger partial charge in [-0.1, -0.05) is 19.9 Å². The molecule has 0 aliphatic carbocycles. The Morgan fingerprint density at radius 1 is 1.35 bits per heavy atom. The molecular formula is C14H17N3O5S. The Morgan fingerprint density at radius 3 is 2.57 bits per heavy atom. The molecule has 0 atom stereocenters. The van der Waals surface area contributed by atoms with E-state index in [9.17, 15) is 13.2 Å². The van der Waals surface area contributed by atoms with Gasteiger partial charge in [0.15, 0.2) is 0 Å². The maximum absolute atomic E-state index is 12.6. The number of benzene rings is 1. The highest BCUT2D eigenvalue weighted by molar-refractivity contribution is 7.92. The third-order valence-corrected chi connectivity index (χ3v) is 4.60. The molecule has 0 saturated heterocycles. The Kier molecular flexibility index (Phi) is 4.60. The molecule has 0 fully saturated rings. The summed E-state index contributed by atoms with van der Waals surface area (Å²) in [5.74, 6) is -0.941. The maximum Gasteiger partial charge on any atom is 0.335 e. The van der Waals surface area contributed by atoms with Crippen molar-refractivity contribution in [2.75, 3.05) is 11.8 Å². The number of methoxy groups -OCH3 is 1. The van der Waals surface area contributed by atoms with Crippen LogP contribution in [0.2, 0.25) is 0 Å². The number of H-pyrrole nitrogens is 1. The van der Waals surface area contributed by atoms with E-state index in [1.165, 1.54) is 25.3 Å². The average molecular weight is 339 g/mol. The van der Waals surface area contributed by atoms with Crippen molar-refractivity contribution in [1.29, 1.82) is 0 Å². The minimum atomic E-state index is -3.98. The topological polar surface area (TPSA) is 121 Å². The lowest BCUT2D eigenvalue weighted by Crippen LogP contribution is -2.17. The second kappa shape index (κ2) is 6.29. The van der Waals surface area contributed by atoms with Gasteiger partial charge < -0.3 is 9.84 Å². The van der Waals surface area contributed by atoms with Gasteiger partial charge in [0, 0.05) is 6.07 Å². The minimum Gasteiger partial charge on any atom is -0.480 e. The first-order chi connectivity index (χ1) is 10.7. The maximum atomic E-state index is 12.6. The van der Waals surface area contributed by atoms with Gasteiger partial charge in [-0.15, -0.1) is 5.10 Å².